The van der Waals surface area contributed by atoms with Crippen LogP contribution in [0.2, 0.25) is 0 Å². The van der Waals surface area contributed by atoms with Crippen molar-refractivity contribution in [2.24, 2.45) is 0 Å². The van der Waals surface area contributed by atoms with Gasteiger partial charge in [0.1, 0.15) is 0 Å². The van der Waals surface area contributed by atoms with Gasteiger partial charge in [0, 0.05) is 19.2 Å². The number of carbonyl (C=O) groups excluding carboxylic acids is 1. The van der Waals surface area contributed by atoms with Gasteiger partial charge in [-0.2, -0.15) is 0 Å². The molecule has 2 saturated heterocycles. The molecule has 1 aliphatic carbocycles. The molecule has 20 heavy (non-hydrogen) atoms. The van der Waals surface area contributed by atoms with Gasteiger partial charge in [-0.15, -0.1) is 0 Å². The summed E-state index contributed by atoms with van der Waals surface area (Å²) >= 11 is 0. The lowest BCUT2D eigenvalue weighted by atomic mass is 9.89. The predicted octanol–water partition coefficient (Wildman–Crippen LogP) is 1.64. The average Bonchev–Trinajstić information content (AvgIpc) is 3.08. The Bertz CT molecular complexity index is 355. The van der Waals surface area contributed by atoms with E-state index in [1.165, 1.54) is 12.8 Å². The maximum absolute atomic E-state index is 12.3. The van der Waals surface area contributed by atoms with Gasteiger partial charge >= 0.3 is 6.03 Å². The van der Waals surface area contributed by atoms with Crippen molar-refractivity contribution in [3.05, 3.63) is 0 Å². The van der Waals surface area contributed by atoms with Crippen molar-refractivity contribution in [1.82, 2.24) is 10.2 Å². The van der Waals surface area contributed by atoms with Crippen molar-refractivity contribution >= 4 is 6.03 Å². The molecule has 114 valence electrons. The molecule has 2 amide bonds. The van der Waals surface area contributed by atoms with Crippen LogP contribution in [0.5, 0.6) is 0 Å². The maximum Gasteiger partial charge on any atom is 0.317 e. The fourth-order valence-corrected chi connectivity index (χ4v) is 4.07. The Balaban J connectivity index is 1.55. The molecule has 5 heteroatoms. The second kappa shape index (κ2) is 5.90. The van der Waals surface area contributed by atoms with Crippen LogP contribution >= 0.6 is 0 Å². The third-order valence-corrected chi connectivity index (χ3v) is 5.18. The van der Waals surface area contributed by atoms with E-state index in [1.807, 2.05) is 0 Å². The van der Waals surface area contributed by atoms with E-state index in [2.05, 4.69) is 5.32 Å². The molecular weight excluding hydrogens is 256 g/mol. The van der Waals surface area contributed by atoms with Crippen molar-refractivity contribution in [2.75, 3.05) is 19.8 Å². The monoisotopic (exact) mass is 282 g/mol. The van der Waals surface area contributed by atoms with Crippen LogP contribution in [-0.2, 0) is 4.74 Å². The van der Waals surface area contributed by atoms with Crippen molar-refractivity contribution in [3.63, 3.8) is 0 Å². The van der Waals surface area contributed by atoms with E-state index < -0.39 is 0 Å². The fourth-order valence-electron chi connectivity index (χ4n) is 4.07. The zero-order valence-corrected chi connectivity index (χ0v) is 12.1. The molecule has 3 rings (SSSR count). The number of aliphatic hydroxyl groups excluding tert-OH is 1. The lowest BCUT2D eigenvalue weighted by Crippen LogP contribution is -2.52. The van der Waals surface area contributed by atoms with Gasteiger partial charge in [0.2, 0.25) is 0 Å². The summed E-state index contributed by atoms with van der Waals surface area (Å²) in [5.41, 5.74) is 0.0393. The van der Waals surface area contributed by atoms with Gasteiger partial charge in [-0.3, -0.25) is 0 Å². The number of ether oxygens (including phenoxy) is 1. The van der Waals surface area contributed by atoms with Gasteiger partial charge in [-0.25, -0.2) is 4.79 Å². The minimum Gasteiger partial charge on any atom is -0.394 e. The second-order valence-electron chi connectivity index (χ2n) is 6.55. The molecular formula is C15H26N2O3. The summed E-state index contributed by atoms with van der Waals surface area (Å²) < 4.78 is 6.00. The third kappa shape index (κ3) is 2.79. The van der Waals surface area contributed by atoms with E-state index >= 15 is 0 Å². The zero-order chi connectivity index (χ0) is 14.0. The number of amides is 2. The Labute approximate surface area is 120 Å². The summed E-state index contributed by atoms with van der Waals surface area (Å²) in [4.78, 5) is 14.2. The number of carbonyl (C=O) groups is 1. The maximum atomic E-state index is 12.3. The highest BCUT2D eigenvalue weighted by atomic mass is 16.5. The lowest BCUT2D eigenvalue weighted by molar-refractivity contribution is -0.0824. The van der Waals surface area contributed by atoms with E-state index in [-0.39, 0.29) is 30.3 Å². The molecule has 2 aliphatic heterocycles. The fraction of sp³-hybridized carbons (Fsp3) is 0.933. The topological polar surface area (TPSA) is 61.8 Å². The molecule has 1 saturated carbocycles. The van der Waals surface area contributed by atoms with E-state index in [1.54, 1.807) is 4.90 Å². The van der Waals surface area contributed by atoms with Crippen molar-refractivity contribution in [2.45, 2.75) is 69.1 Å². The van der Waals surface area contributed by atoms with Gasteiger partial charge in [0.15, 0.2) is 0 Å². The Kier molecular flexibility index (Phi) is 4.17. The molecule has 5 nitrogen and oxygen atoms in total. The summed E-state index contributed by atoms with van der Waals surface area (Å²) in [5, 5.41) is 12.5. The van der Waals surface area contributed by atoms with E-state index in [4.69, 9.17) is 4.74 Å². The summed E-state index contributed by atoms with van der Waals surface area (Å²) in [6.07, 6.45) is 8.56. The largest absolute Gasteiger partial charge is 0.394 e. The first-order valence-electron chi connectivity index (χ1n) is 8.04. The Morgan fingerprint density at radius 1 is 1.30 bits per heavy atom. The second-order valence-corrected chi connectivity index (χ2v) is 6.55. The van der Waals surface area contributed by atoms with E-state index in [0.717, 1.165) is 51.7 Å². The third-order valence-electron chi connectivity index (χ3n) is 5.18. The van der Waals surface area contributed by atoms with Crippen LogP contribution in [0.15, 0.2) is 0 Å². The van der Waals surface area contributed by atoms with E-state index in [0.29, 0.717) is 0 Å². The van der Waals surface area contributed by atoms with Crippen LogP contribution in [0, 0.1) is 0 Å². The average molecular weight is 282 g/mol. The molecule has 1 spiro atoms. The van der Waals surface area contributed by atoms with Crippen LogP contribution in [0.4, 0.5) is 4.79 Å². The van der Waals surface area contributed by atoms with Crippen LogP contribution in [-0.4, -0.2) is 53.5 Å². The predicted molar refractivity (Wildman–Crippen MR) is 75.5 cm³/mol. The first-order chi connectivity index (χ1) is 9.72. The van der Waals surface area contributed by atoms with Crippen molar-refractivity contribution < 1.29 is 14.6 Å². The number of aliphatic hydroxyl groups is 1. The molecule has 2 N–H and O–H groups in total. The molecule has 3 aliphatic rings. The lowest BCUT2D eigenvalue weighted by Gasteiger charge is -2.39. The first-order valence-corrected chi connectivity index (χ1v) is 8.04. The van der Waals surface area contributed by atoms with Gasteiger partial charge < -0.3 is 20.1 Å². The highest BCUT2D eigenvalue weighted by molar-refractivity contribution is 5.75. The minimum atomic E-state index is 0.00148. The first kappa shape index (κ1) is 14.1. The number of nitrogens with zero attached hydrogens (tertiary/aromatic N) is 1. The number of hydrogen-bond acceptors (Lipinski definition) is 3. The van der Waals surface area contributed by atoms with Crippen LogP contribution in [0.1, 0.15) is 51.4 Å². The molecule has 1 unspecified atom stereocenters. The minimum absolute atomic E-state index is 0.00148. The van der Waals surface area contributed by atoms with Gasteiger partial charge in [-0.05, 0) is 38.5 Å². The summed E-state index contributed by atoms with van der Waals surface area (Å²) in [6.45, 7) is 1.60. The summed E-state index contributed by atoms with van der Waals surface area (Å²) in [7, 11) is 0. The zero-order valence-electron chi connectivity index (χ0n) is 12.1. The molecule has 0 aromatic carbocycles. The number of rotatable bonds is 2. The Morgan fingerprint density at radius 3 is 2.85 bits per heavy atom. The molecule has 2 atom stereocenters. The highest BCUT2D eigenvalue weighted by Crippen LogP contribution is 2.40. The summed E-state index contributed by atoms with van der Waals surface area (Å²) in [5.74, 6) is 0. The SMILES string of the molecule is O=C(NC1CCOC2(CCCC2)C1)N1CCC[C@@H]1CO. The number of urea groups is 1. The Morgan fingerprint density at radius 2 is 2.10 bits per heavy atom. The van der Waals surface area contributed by atoms with Gasteiger partial charge in [-0.1, -0.05) is 12.8 Å². The van der Waals surface area contributed by atoms with Gasteiger partial charge in [0.25, 0.3) is 0 Å². The number of likely N-dealkylation sites (tertiary alicyclic amines) is 1. The normalized spacial score (nSPS) is 32.8. The molecule has 0 aromatic rings. The van der Waals surface area contributed by atoms with Crippen LogP contribution < -0.4 is 5.32 Å². The smallest absolute Gasteiger partial charge is 0.317 e. The highest BCUT2D eigenvalue weighted by Gasteiger charge is 2.41. The van der Waals surface area contributed by atoms with Crippen molar-refractivity contribution in [1.29, 1.82) is 0 Å². The molecule has 3 fully saturated rings. The molecule has 0 radical (unpaired) electrons. The van der Waals surface area contributed by atoms with Crippen molar-refractivity contribution in [3.8, 4) is 0 Å². The quantitative estimate of drug-likeness (QED) is 0.809. The Hall–Kier alpha value is -0.810. The van der Waals surface area contributed by atoms with E-state index in [9.17, 15) is 9.90 Å². The molecule has 2 heterocycles. The summed E-state index contributed by atoms with van der Waals surface area (Å²) in [6, 6.07) is 0.242. The number of nitrogens with one attached hydrogen (secondary N) is 1. The van der Waals surface area contributed by atoms with Crippen LogP contribution in [0.3, 0.4) is 0 Å². The van der Waals surface area contributed by atoms with Gasteiger partial charge in [0.05, 0.1) is 18.2 Å². The molecule has 0 aromatic heterocycles. The number of hydrogen-bond donors (Lipinski definition) is 2. The molecule has 0 bridgehead atoms. The van der Waals surface area contributed by atoms with Crippen LogP contribution in [0.25, 0.3) is 0 Å². The standard InChI is InChI=1S/C15H26N2O3/c18-11-13-4-3-8-17(13)14(19)16-12-5-9-20-15(10-12)6-1-2-7-15/h12-13,18H,1-11H2,(H,16,19)/t12?,13-/m1/s1.